The molecule has 0 amide bonds. The van der Waals surface area contributed by atoms with E-state index in [0.29, 0.717) is 12.5 Å². The van der Waals surface area contributed by atoms with Crippen LogP contribution in [-0.4, -0.2) is 21.3 Å². The van der Waals surface area contributed by atoms with Gasteiger partial charge in [-0.3, -0.25) is 0 Å². The Morgan fingerprint density at radius 3 is 2.69 bits per heavy atom. The first-order valence-electron chi connectivity index (χ1n) is 6.43. The molecule has 0 aromatic carbocycles. The van der Waals surface area contributed by atoms with Crippen LogP contribution in [0.2, 0.25) is 0 Å². The van der Waals surface area contributed by atoms with Gasteiger partial charge in [-0.1, -0.05) is 26.2 Å². The molecule has 0 bridgehead atoms. The first-order chi connectivity index (χ1) is 7.86. The summed E-state index contributed by atoms with van der Waals surface area (Å²) in [7, 11) is 0. The lowest BCUT2D eigenvalue weighted by Crippen LogP contribution is -2.06. The van der Waals surface area contributed by atoms with E-state index in [-0.39, 0.29) is 0 Å². The lowest BCUT2D eigenvalue weighted by atomic mass is 9.97. The molecule has 3 nitrogen and oxygen atoms in total. The zero-order valence-electron chi connectivity index (χ0n) is 10.3. The van der Waals surface area contributed by atoms with Crippen molar-refractivity contribution in [2.45, 2.75) is 52.0 Å². The SMILES string of the molecule is CCCC[C@@H](CO)CCCCn1ccnc1. The predicted molar refractivity (Wildman–Crippen MR) is 66.2 cm³/mol. The van der Waals surface area contributed by atoms with Crippen LogP contribution in [0.15, 0.2) is 18.7 Å². The number of aliphatic hydroxyl groups excluding tert-OH is 1. The van der Waals surface area contributed by atoms with Crippen molar-refractivity contribution < 1.29 is 5.11 Å². The van der Waals surface area contributed by atoms with Crippen molar-refractivity contribution in [1.82, 2.24) is 9.55 Å². The van der Waals surface area contributed by atoms with E-state index in [9.17, 15) is 5.11 Å². The minimum absolute atomic E-state index is 0.352. The molecule has 1 aromatic rings. The second-order valence-electron chi connectivity index (χ2n) is 4.49. The van der Waals surface area contributed by atoms with Crippen LogP contribution in [0.5, 0.6) is 0 Å². The van der Waals surface area contributed by atoms with E-state index in [2.05, 4.69) is 16.5 Å². The molecule has 0 aliphatic heterocycles. The first-order valence-corrected chi connectivity index (χ1v) is 6.43. The maximum absolute atomic E-state index is 9.22. The fourth-order valence-electron chi connectivity index (χ4n) is 1.97. The highest BCUT2D eigenvalue weighted by Crippen LogP contribution is 2.15. The van der Waals surface area contributed by atoms with Crippen LogP contribution in [0.4, 0.5) is 0 Å². The van der Waals surface area contributed by atoms with Crippen molar-refractivity contribution in [3.8, 4) is 0 Å². The minimum atomic E-state index is 0.352. The van der Waals surface area contributed by atoms with Crippen LogP contribution in [0.25, 0.3) is 0 Å². The van der Waals surface area contributed by atoms with Gasteiger partial charge in [0.2, 0.25) is 0 Å². The van der Waals surface area contributed by atoms with E-state index in [1.807, 2.05) is 18.7 Å². The molecule has 1 heterocycles. The van der Waals surface area contributed by atoms with Gasteiger partial charge in [0.05, 0.1) is 6.33 Å². The number of imidazole rings is 1. The molecule has 16 heavy (non-hydrogen) atoms. The standard InChI is InChI=1S/C13H24N2O/c1-2-3-6-13(11-16)7-4-5-9-15-10-8-14-12-15/h8,10,12-13,16H,2-7,9,11H2,1H3/t13-/m1/s1. The summed E-state index contributed by atoms with van der Waals surface area (Å²) in [6.45, 7) is 3.60. The van der Waals surface area contributed by atoms with E-state index >= 15 is 0 Å². The number of nitrogens with zero attached hydrogens (tertiary/aromatic N) is 2. The van der Waals surface area contributed by atoms with Gasteiger partial charge in [0.25, 0.3) is 0 Å². The minimum Gasteiger partial charge on any atom is -0.396 e. The van der Waals surface area contributed by atoms with E-state index in [1.165, 1.54) is 32.1 Å². The molecular formula is C13H24N2O. The van der Waals surface area contributed by atoms with Gasteiger partial charge in [-0.2, -0.15) is 0 Å². The Bertz CT molecular complexity index is 246. The summed E-state index contributed by atoms with van der Waals surface area (Å²) in [5, 5.41) is 9.22. The molecule has 0 saturated heterocycles. The van der Waals surface area contributed by atoms with Gasteiger partial charge in [0.1, 0.15) is 0 Å². The summed E-state index contributed by atoms with van der Waals surface area (Å²) >= 11 is 0. The quantitative estimate of drug-likeness (QED) is 0.655. The van der Waals surface area contributed by atoms with Gasteiger partial charge < -0.3 is 9.67 Å². The lowest BCUT2D eigenvalue weighted by Gasteiger charge is -2.13. The normalized spacial score (nSPS) is 12.9. The molecule has 0 spiro atoms. The maximum atomic E-state index is 9.22. The molecule has 0 aliphatic rings. The summed E-state index contributed by atoms with van der Waals surface area (Å²) in [4.78, 5) is 4.02. The third-order valence-corrected chi connectivity index (χ3v) is 3.06. The molecular weight excluding hydrogens is 200 g/mol. The van der Waals surface area contributed by atoms with Crippen LogP contribution in [0.3, 0.4) is 0 Å². The molecule has 1 atom stereocenters. The van der Waals surface area contributed by atoms with E-state index in [0.717, 1.165) is 13.0 Å². The number of aromatic nitrogens is 2. The fraction of sp³-hybridized carbons (Fsp3) is 0.769. The van der Waals surface area contributed by atoms with Crippen molar-refractivity contribution in [3.05, 3.63) is 18.7 Å². The van der Waals surface area contributed by atoms with Crippen LogP contribution in [0, 0.1) is 5.92 Å². The molecule has 3 heteroatoms. The van der Waals surface area contributed by atoms with Gasteiger partial charge in [-0.15, -0.1) is 0 Å². The Hall–Kier alpha value is -0.830. The summed E-state index contributed by atoms with van der Waals surface area (Å²) in [5.41, 5.74) is 0. The monoisotopic (exact) mass is 224 g/mol. The Kier molecular flexibility index (Phi) is 6.90. The van der Waals surface area contributed by atoms with Crippen molar-refractivity contribution in [3.63, 3.8) is 0 Å². The molecule has 0 aliphatic carbocycles. The second kappa shape index (κ2) is 8.34. The van der Waals surface area contributed by atoms with Gasteiger partial charge in [-0.25, -0.2) is 4.98 Å². The molecule has 0 fully saturated rings. The van der Waals surface area contributed by atoms with Gasteiger partial charge in [-0.05, 0) is 25.2 Å². The average molecular weight is 224 g/mol. The van der Waals surface area contributed by atoms with E-state index < -0.39 is 0 Å². The molecule has 0 saturated carbocycles. The van der Waals surface area contributed by atoms with E-state index in [1.54, 1.807) is 0 Å². The predicted octanol–water partition coefficient (Wildman–Crippen LogP) is 2.85. The van der Waals surface area contributed by atoms with Crippen molar-refractivity contribution in [2.75, 3.05) is 6.61 Å². The maximum Gasteiger partial charge on any atom is 0.0945 e. The number of aliphatic hydroxyl groups is 1. The topological polar surface area (TPSA) is 38.0 Å². The Labute approximate surface area is 98.5 Å². The van der Waals surface area contributed by atoms with Crippen LogP contribution >= 0.6 is 0 Å². The van der Waals surface area contributed by atoms with Gasteiger partial charge in [0.15, 0.2) is 0 Å². The van der Waals surface area contributed by atoms with Crippen molar-refractivity contribution in [2.24, 2.45) is 5.92 Å². The smallest absolute Gasteiger partial charge is 0.0945 e. The Morgan fingerprint density at radius 1 is 1.25 bits per heavy atom. The highest BCUT2D eigenvalue weighted by molar-refractivity contribution is 4.73. The molecule has 1 N–H and O–H groups in total. The lowest BCUT2D eigenvalue weighted by molar-refractivity contribution is 0.204. The number of hydrogen-bond donors (Lipinski definition) is 1. The molecule has 1 aromatic heterocycles. The average Bonchev–Trinajstić information content (AvgIpc) is 2.81. The van der Waals surface area contributed by atoms with Crippen LogP contribution in [-0.2, 0) is 6.54 Å². The summed E-state index contributed by atoms with van der Waals surface area (Å²) in [6.07, 6.45) is 12.9. The van der Waals surface area contributed by atoms with Gasteiger partial charge in [0, 0.05) is 25.5 Å². The second-order valence-corrected chi connectivity index (χ2v) is 4.49. The largest absolute Gasteiger partial charge is 0.396 e. The van der Waals surface area contributed by atoms with Crippen molar-refractivity contribution >= 4 is 0 Å². The highest BCUT2D eigenvalue weighted by Gasteiger charge is 2.06. The third kappa shape index (κ3) is 5.31. The molecule has 92 valence electrons. The molecule has 0 unspecified atom stereocenters. The van der Waals surface area contributed by atoms with Crippen molar-refractivity contribution in [1.29, 1.82) is 0 Å². The number of unbranched alkanes of at least 4 members (excludes halogenated alkanes) is 2. The Morgan fingerprint density at radius 2 is 2.06 bits per heavy atom. The number of rotatable bonds is 9. The number of aryl methyl sites for hydroxylation is 1. The summed E-state index contributed by atoms with van der Waals surface area (Å²) in [5.74, 6) is 0.516. The molecule has 0 radical (unpaired) electrons. The Balaban J connectivity index is 2.04. The first kappa shape index (κ1) is 13.2. The van der Waals surface area contributed by atoms with Gasteiger partial charge >= 0.3 is 0 Å². The summed E-state index contributed by atoms with van der Waals surface area (Å²) in [6, 6.07) is 0. The summed E-state index contributed by atoms with van der Waals surface area (Å²) < 4.78 is 2.11. The third-order valence-electron chi connectivity index (χ3n) is 3.06. The van der Waals surface area contributed by atoms with Crippen LogP contribution < -0.4 is 0 Å². The number of hydrogen-bond acceptors (Lipinski definition) is 2. The van der Waals surface area contributed by atoms with E-state index in [4.69, 9.17) is 0 Å². The molecule has 1 rings (SSSR count). The van der Waals surface area contributed by atoms with Crippen LogP contribution in [0.1, 0.15) is 45.4 Å². The fourth-order valence-corrected chi connectivity index (χ4v) is 1.97. The zero-order valence-corrected chi connectivity index (χ0v) is 10.3. The zero-order chi connectivity index (χ0) is 11.6. The highest BCUT2D eigenvalue weighted by atomic mass is 16.3.